The fourth-order valence-corrected chi connectivity index (χ4v) is 2.89. The monoisotopic (exact) mass is 298 g/mol. The van der Waals surface area contributed by atoms with E-state index in [-0.39, 0.29) is 12.5 Å². The zero-order valence-electron chi connectivity index (χ0n) is 13.4. The van der Waals surface area contributed by atoms with Crippen molar-refractivity contribution >= 4 is 12.0 Å². The normalized spacial score (nSPS) is 21.6. The molecule has 0 spiro atoms. The van der Waals surface area contributed by atoms with E-state index in [9.17, 15) is 9.59 Å². The maximum Gasteiger partial charge on any atom is 0.315 e. The first-order valence-corrected chi connectivity index (χ1v) is 8.32. The Labute approximate surface area is 127 Å². The van der Waals surface area contributed by atoms with Crippen molar-refractivity contribution in [3.05, 3.63) is 0 Å². The number of hydrogen-bond acceptors (Lipinski definition) is 2. The molecule has 3 atom stereocenters. The number of nitrogens with one attached hydrogen (secondary N) is 2. The number of carboxylic acid groups (broad SMARTS) is 1. The lowest BCUT2D eigenvalue weighted by molar-refractivity contribution is -0.137. The molecular weight excluding hydrogens is 268 g/mol. The Kier molecular flexibility index (Phi) is 8.16. The van der Waals surface area contributed by atoms with Crippen molar-refractivity contribution in [3.8, 4) is 0 Å². The highest BCUT2D eigenvalue weighted by Crippen LogP contribution is 2.34. The Morgan fingerprint density at radius 3 is 2.57 bits per heavy atom. The van der Waals surface area contributed by atoms with Crippen LogP contribution >= 0.6 is 0 Å². The summed E-state index contributed by atoms with van der Waals surface area (Å²) in [4.78, 5) is 22.4. The minimum absolute atomic E-state index is 0.0768. The van der Waals surface area contributed by atoms with E-state index < -0.39 is 5.97 Å². The lowest BCUT2D eigenvalue weighted by Crippen LogP contribution is -2.38. The Morgan fingerprint density at radius 1 is 1.19 bits per heavy atom. The number of carboxylic acids is 1. The highest BCUT2D eigenvalue weighted by Gasteiger charge is 2.36. The second kappa shape index (κ2) is 9.64. The number of rotatable bonds is 11. The van der Waals surface area contributed by atoms with Gasteiger partial charge in [-0.25, -0.2) is 4.79 Å². The molecule has 3 N–H and O–H groups in total. The zero-order valence-corrected chi connectivity index (χ0v) is 13.4. The summed E-state index contributed by atoms with van der Waals surface area (Å²) in [5.74, 6) is 0.321. The second-order valence-electron chi connectivity index (χ2n) is 6.17. The van der Waals surface area contributed by atoms with Gasteiger partial charge in [-0.2, -0.15) is 0 Å². The van der Waals surface area contributed by atoms with Crippen molar-refractivity contribution in [1.29, 1.82) is 0 Å². The first-order chi connectivity index (χ1) is 10.1. The van der Waals surface area contributed by atoms with Crippen molar-refractivity contribution < 1.29 is 14.7 Å². The predicted molar refractivity (Wildman–Crippen MR) is 83.2 cm³/mol. The van der Waals surface area contributed by atoms with Gasteiger partial charge in [0.25, 0.3) is 0 Å². The van der Waals surface area contributed by atoms with Crippen molar-refractivity contribution in [2.24, 2.45) is 11.8 Å². The van der Waals surface area contributed by atoms with E-state index in [0.717, 1.165) is 25.7 Å². The van der Waals surface area contributed by atoms with E-state index in [1.807, 2.05) is 0 Å². The molecular formula is C16H30N2O3. The molecule has 21 heavy (non-hydrogen) atoms. The number of carbonyl (C=O) groups excluding carboxylic acids is 1. The highest BCUT2D eigenvalue weighted by molar-refractivity contribution is 5.74. The average Bonchev–Trinajstić information content (AvgIpc) is 3.14. The molecule has 0 heterocycles. The number of urea groups is 1. The summed E-state index contributed by atoms with van der Waals surface area (Å²) in [7, 11) is 0. The maximum absolute atomic E-state index is 11.7. The lowest BCUT2D eigenvalue weighted by Gasteiger charge is -2.15. The summed E-state index contributed by atoms with van der Waals surface area (Å²) < 4.78 is 0. The number of amides is 2. The van der Waals surface area contributed by atoms with Crippen LogP contribution < -0.4 is 10.6 Å². The SMILES string of the molecule is CCCC(CCNC(=O)NC1CC1CCC)CCC(=O)O. The van der Waals surface area contributed by atoms with E-state index in [1.165, 1.54) is 12.8 Å². The van der Waals surface area contributed by atoms with Gasteiger partial charge in [0.05, 0.1) is 0 Å². The molecule has 0 radical (unpaired) electrons. The van der Waals surface area contributed by atoms with Crippen LogP contribution in [0.5, 0.6) is 0 Å². The topological polar surface area (TPSA) is 78.4 Å². The first kappa shape index (κ1) is 17.8. The standard InChI is InChI=1S/C16H30N2O3/c1-3-5-12(7-8-15(19)20)9-10-17-16(21)18-14-11-13(14)6-4-2/h12-14H,3-11H2,1-2H3,(H,19,20)(H2,17,18,21). The second-order valence-corrected chi connectivity index (χ2v) is 6.17. The number of hydrogen-bond donors (Lipinski definition) is 3. The van der Waals surface area contributed by atoms with E-state index in [4.69, 9.17) is 5.11 Å². The minimum Gasteiger partial charge on any atom is -0.481 e. The van der Waals surface area contributed by atoms with Gasteiger partial charge in [0.2, 0.25) is 0 Å². The van der Waals surface area contributed by atoms with Crippen LogP contribution in [0.15, 0.2) is 0 Å². The van der Waals surface area contributed by atoms with Gasteiger partial charge in [0, 0.05) is 19.0 Å². The van der Waals surface area contributed by atoms with Crippen molar-refractivity contribution in [2.45, 2.75) is 71.3 Å². The molecule has 0 aromatic carbocycles. The first-order valence-electron chi connectivity index (χ1n) is 8.32. The van der Waals surface area contributed by atoms with Gasteiger partial charge in [0.1, 0.15) is 0 Å². The van der Waals surface area contributed by atoms with Gasteiger partial charge < -0.3 is 15.7 Å². The van der Waals surface area contributed by atoms with Gasteiger partial charge in [-0.15, -0.1) is 0 Å². The number of aliphatic carboxylic acids is 1. The molecule has 3 unspecified atom stereocenters. The summed E-state index contributed by atoms with van der Waals surface area (Å²) in [6.07, 6.45) is 7.34. The quantitative estimate of drug-likeness (QED) is 0.548. The van der Waals surface area contributed by atoms with E-state index in [1.54, 1.807) is 0 Å². The molecule has 1 rings (SSSR count). The molecule has 0 aromatic rings. The van der Waals surface area contributed by atoms with Crippen LogP contribution in [0.4, 0.5) is 4.79 Å². The maximum atomic E-state index is 11.7. The third-order valence-corrected chi connectivity index (χ3v) is 4.20. The van der Waals surface area contributed by atoms with Gasteiger partial charge in [-0.05, 0) is 37.5 Å². The van der Waals surface area contributed by atoms with E-state index in [0.29, 0.717) is 30.8 Å². The Bertz CT molecular complexity index is 333. The van der Waals surface area contributed by atoms with Gasteiger partial charge in [-0.3, -0.25) is 4.79 Å². The number of carbonyl (C=O) groups is 2. The fraction of sp³-hybridized carbons (Fsp3) is 0.875. The molecule has 0 aromatic heterocycles. The summed E-state index contributed by atoms with van der Waals surface area (Å²) >= 11 is 0. The van der Waals surface area contributed by atoms with Crippen molar-refractivity contribution in [3.63, 3.8) is 0 Å². The van der Waals surface area contributed by atoms with Gasteiger partial charge >= 0.3 is 12.0 Å². The van der Waals surface area contributed by atoms with Crippen LogP contribution in [-0.2, 0) is 4.79 Å². The molecule has 5 nitrogen and oxygen atoms in total. The molecule has 5 heteroatoms. The third-order valence-electron chi connectivity index (χ3n) is 4.20. The zero-order chi connectivity index (χ0) is 15.7. The van der Waals surface area contributed by atoms with Crippen LogP contribution in [0.2, 0.25) is 0 Å². The van der Waals surface area contributed by atoms with Crippen LogP contribution in [0.25, 0.3) is 0 Å². The van der Waals surface area contributed by atoms with E-state index >= 15 is 0 Å². The Morgan fingerprint density at radius 2 is 1.95 bits per heavy atom. The van der Waals surface area contributed by atoms with Crippen molar-refractivity contribution in [2.75, 3.05) is 6.54 Å². The molecule has 1 fully saturated rings. The summed E-state index contributed by atoms with van der Waals surface area (Å²) in [5.41, 5.74) is 0. The minimum atomic E-state index is -0.738. The third kappa shape index (κ3) is 7.93. The van der Waals surface area contributed by atoms with Crippen LogP contribution in [0.1, 0.15) is 65.2 Å². The van der Waals surface area contributed by atoms with Crippen molar-refractivity contribution in [1.82, 2.24) is 10.6 Å². The molecule has 2 amide bonds. The van der Waals surface area contributed by atoms with Gasteiger partial charge in [-0.1, -0.05) is 33.1 Å². The fourth-order valence-electron chi connectivity index (χ4n) is 2.89. The molecule has 122 valence electrons. The van der Waals surface area contributed by atoms with Crippen LogP contribution in [0, 0.1) is 11.8 Å². The smallest absolute Gasteiger partial charge is 0.315 e. The Hall–Kier alpha value is -1.26. The highest BCUT2D eigenvalue weighted by atomic mass is 16.4. The molecule has 1 aliphatic carbocycles. The summed E-state index contributed by atoms with van der Waals surface area (Å²) in [6.45, 7) is 4.90. The molecule has 0 saturated heterocycles. The largest absolute Gasteiger partial charge is 0.481 e. The van der Waals surface area contributed by atoms with E-state index in [2.05, 4.69) is 24.5 Å². The molecule has 1 saturated carbocycles. The molecule has 1 aliphatic rings. The Balaban J connectivity index is 2.12. The average molecular weight is 298 g/mol. The summed E-state index contributed by atoms with van der Waals surface area (Å²) in [6, 6.07) is 0.287. The van der Waals surface area contributed by atoms with Gasteiger partial charge in [0.15, 0.2) is 0 Å². The summed E-state index contributed by atoms with van der Waals surface area (Å²) in [5, 5.41) is 14.6. The lowest BCUT2D eigenvalue weighted by atomic mass is 9.94. The van der Waals surface area contributed by atoms with Crippen LogP contribution in [-0.4, -0.2) is 29.7 Å². The molecule has 0 bridgehead atoms. The van der Waals surface area contributed by atoms with Crippen LogP contribution in [0.3, 0.4) is 0 Å². The predicted octanol–water partition coefficient (Wildman–Crippen LogP) is 3.15. The molecule has 0 aliphatic heterocycles.